The topological polar surface area (TPSA) is 78.2 Å². The third-order valence-corrected chi connectivity index (χ3v) is 3.57. The zero-order valence-corrected chi connectivity index (χ0v) is 11.9. The molecule has 18 heavy (non-hydrogen) atoms. The molecule has 0 radical (unpaired) electrons. The lowest BCUT2D eigenvalue weighted by molar-refractivity contribution is -0.120. The average Bonchev–Trinajstić information content (AvgIpc) is 2.27. The third-order valence-electron chi connectivity index (χ3n) is 2.27. The van der Waals surface area contributed by atoms with E-state index in [0.29, 0.717) is 22.3 Å². The number of rotatable bonds is 5. The first kappa shape index (κ1) is 15.3. The van der Waals surface area contributed by atoms with E-state index in [1.807, 2.05) is 13.8 Å². The van der Waals surface area contributed by atoms with Crippen LogP contribution in [-0.4, -0.2) is 16.5 Å². The summed E-state index contributed by atoms with van der Waals surface area (Å²) in [5, 5.41) is 0.474. The zero-order chi connectivity index (χ0) is 13.7. The zero-order valence-electron chi connectivity index (χ0n) is 10.4. The molecule has 6 heteroatoms. The van der Waals surface area contributed by atoms with Crippen molar-refractivity contribution in [1.29, 1.82) is 0 Å². The van der Waals surface area contributed by atoms with Crippen LogP contribution in [0.1, 0.15) is 20.3 Å². The van der Waals surface area contributed by atoms with E-state index in [9.17, 15) is 9.35 Å². The van der Waals surface area contributed by atoms with E-state index in [4.69, 9.17) is 17.3 Å². The molecule has 2 atom stereocenters. The Labute approximate surface area is 115 Å². The maximum Gasteiger partial charge on any atom is 0.278 e. The molecule has 100 valence electrons. The summed E-state index contributed by atoms with van der Waals surface area (Å²) in [6.07, 6.45) is 0.554. The summed E-state index contributed by atoms with van der Waals surface area (Å²) in [4.78, 5) is 12.1. The van der Waals surface area contributed by atoms with Gasteiger partial charge in [-0.3, -0.25) is 4.79 Å². The fourth-order valence-corrected chi connectivity index (χ4v) is 2.57. The van der Waals surface area contributed by atoms with Gasteiger partial charge in [0.05, 0.1) is 6.04 Å². The molecule has 0 aromatic heterocycles. The molecule has 0 fully saturated rings. The Kier molecular flexibility index (Phi) is 5.95. The minimum Gasteiger partial charge on any atom is -0.588 e. The Bertz CT molecular complexity index is 415. The van der Waals surface area contributed by atoms with Gasteiger partial charge in [0, 0.05) is 11.1 Å². The Morgan fingerprint density at radius 3 is 2.78 bits per heavy atom. The summed E-state index contributed by atoms with van der Waals surface area (Å²) in [7, 11) is 0. The Balaban J connectivity index is 2.59. The number of halogens is 1. The highest BCUT2D eigenvalue weighted by atomic mass is 35.5. The van der Waals surface area contributed by atoms with Crippen LogP contribution in [0.5, 0.6) is 0 Å². The van der Waals surface area contributed by atoms with Crippen molar-refractivity contribution >= 4 is 28.9 Å². The molecule has 1 aromatic carbocycles. The number of nitrogens with one attached hydrogen (secondary N) is 1. The number of nitrogens with two attached hydrogens (primary N) is 1. The van der Waals surface area contributed by atoms with Crippen molar-refractivity contribution in [3.63, 3.8) is 0 Å². The van der Waals surface area contributed by atoms with Crippen molar-refractivity contribution in [2.45, 2.75) is 31.2 Å². The molecule has 1 rings (SSSR count). The van der Waals surface area contributed by atoms with Crippen molar-refractivity contribution in [3.05, 3.63) is 29.3 Å². The summed E-state index contributed by atoms with van der Waals surface area (Å²) in [6, 6.07) is 5.89. The van der Waals surface area contributed by atoms with Crippen LogP contribution in [0.25, 0.3) is 0 Å². The molecule has 0 saturated heterocycles. The summed E-state index contributed by atoms with van der Waals surface area (Å²) in [5.74, 6) is -0.104. The average molecular weight is 289 g/mol. The molecular weight excluding hydrogens is 272 g/mol. The van der Waals surface area contributed by atoms with E-state index in [0.717, 1.165) is 0 Å². The molecule has 1 unspecified atom stereocenters. The van der Waals surface area contributed by atoms with Gasteiger partial charge in [0.1, 0.15) is 11.4 Å². The molecule has 0 bridgehead atoms. The number of hydrogen-bond acceptors (Lipinski definition) is 3. The van der Waals surface area contributed by atoms with Gasteiger partial charge < -0.3 is 10.3 Å². The minimum absolute atomic E-state index is 0.311. The van der Waals surface area contributed by atoms with Crippen LogP contribution in [-0.2, 0) is 16.2 Å². The van der Waals surface area contributed by atoms with E-state index in [-0.39, 0.29) is 0 Å². The minimum atomic E-state index is -1.62. The van der Waals surface area contributed by atoms with Crippen LogP contribution < -0.4 is 10.5 Å². The summed E-state index contributed by atoms with van der Waals surface area (Å²) >= 11 is 4.16. The maximum atomic E-state index is 11.9. The maximum absolute atomic E-state index is 11.9. The molecule has 3 N–H and O–H groups in total. The SMILES string of the molecule is CC(C)C[C@H](N)C(=O)N[S+]([O-])c1cccc(Cl)c1. The van der Waals surface area contributed by atoms with E-state index in [1.54, 1.807) is 24.3 Å². The summed E-state index contributed by atoms with van der Waals surface area (Å²) in [5.41, 5.74) is 5.70. The number of carbonyl (C=O) groups is 1. The standard InChI is InChI=1S/C12H17ClN2O2S/c1-8(2)6-11(14)12(16)15-18(17)10-5-3-4-9(13)7-10/h3-5,7-8,11H,6,14H2,1-2H3,(H,15,16)/t11-,18?/m0/s1. The lowest BCUT2D eigenvalue weighted by Gasteiger charge is -2.15. The molecule has 4 nitrogen and oxygen atoms in total. The first-order chi connectivity index (χ1) is 8.40. The van der Waals surface area contributed by atoms with Crippen molar-refractivity contribution < 1.29 is 9.35 Å². The number of hydrogen-bond donors (Lipinski definition) is 2. The Morgan fingerprint density at radius 2 is 2.22 bits per heavy atom. The highest BCUT2D eigenvalue weighted by Crippen LogP contribution is 2.15. The van der Waals surface area contributed by atoms with Gasteiger partial charge in [-0.2, -0.15) is 4.72 Å². The summed E-state index contributed by atoms with van der Waals surface area (Å²) in [6.45, 7) is 3.95. The van der Waals surface area contributed by atoms with Crippen LogP contribution in [0.15, 0.2) is 29.2 Å². The number of carbonyl (C=O) groups excluding carboxylic acids is 1. The fraction of sp³-hybridized carbons (Fsp3) is 0.417. The first-order valence-corrected chi connectivity index (χ1v) is 7.16. The van der Waals surface area contributed by atoms with E-state index >= 15 is 0 Å². The summed E-state index contributed by atoms with van der Waals surface area (Å²) < 4.78 is 14.2. The van der Waals surface area contributed by atoms with Gasteiger partial charge in [0.25, 0.3) is 5.91 Å². The number of benzene rings is 1. The predicted octanol–water partition coefficient (Wildman–Crippen LogP) is 1.85. The molecule has 1 amide bonds. The van der Waals surface area contributed by atoms with Crippen LogP contribution >= 0.6 is 11.6 Å². The quantitative estimate of drug-likeness (QED) is 0.812. The lowest BCUT2D eigenvalue weighted by atomic mass is 10.0. The smallest absolute Gasteiger partial charge is 0.278 e. The van der Waals surface area contributed by atoms with Crippen molar-refractivity contribution in [1.82, 2.24) is 4.72 Å². The van der Waals surface area contributed by atoms with Crippen molar-refractivity contribution in [2.24, 2.45) is 11.7 Å². The normalized spacial score (nSPS) is 14.3. The van der Waals surface area contributed by atoms with Gasteiger partial charge in [-0.15, -0.1) is 0 Å². The van der Waals surface area contributed by atoms with E-state index in [1.165, 1.54) is 0 Å². The lowest BCUT2D eigenvalue weighted by Crippen LogP contribution is -2.43. The molecule has 0 spiro atoms. The first-order valence-electron chi connectivity index (χ1n) is 5.63. The van der Waals surface area contributed by atoms with Crippen molar-refractivity contribution in [2.75, 3.05) is 0 Å². The highest BCUT2D eigenvalue weighted by Gasteiger charge is 2.21. The predicted molar refractivity (Wildman–Crippen MR) is 73.4 cm³/mol. The second kappa shape index (κ2) is 6.99. The Hall–Kier alpha value is -0.750. The van der Waals surface area contributed by atoms with Crippen LogP contribution in [0.2, 0.25) is 5.02 Å². The van der Waals surface area contributed by atoms with E-state index in [2.05, 4.69) is 4.72 Å². The molecule has 0 saturated carbocycles. The second-order valence-electron chi connectivity index (χ2n) is 4.43. The van der Waals surface area contributed by atoms with Crippen LogP contribution in [0.3, 0.4) is 0 Å². The fourth-order valence-electron chi connectivity index (χ4n) is 1.42. The molecule has 0 aliphatic carbocycles. The van der Waals surface area contributed by atoms with Crippen LogP contribution in [0.4, 0.5) is 0 Å². The van der Waals surface area contributed by atoms with Crippen molar-refractivity contribution in [3.8, 4) is 0 Å². The molecule has 0 heterocycles. The highest BCUT2D eigenvalue weighted by molar-refractivity contribution is 7.90. The van der Waals surface area contributed by atoms with Gasteiger partial charge >= 0.3 is 0 Å². The van der Waals surface area contributed by atoms with Gasteiger partial charge in [-0.05, 0) is 24.5 Å². The Morgan fingerprint density at radius 1 is 1.56 bits per heavy atom. The second-order valence-corrected chi connectivity index (χ2v) is 6.08. The van der Waals surface area contributed by atoms with E-state index < -0.39 is 23.3 Å². The molecule has 0 aliphatic heterocycles. The largest absolute Gasteiger partial charge is 0.588 e. The third kappa shape index (κ3) is 4.86. The van der Waals surface area contributed by atoms with Gasteiger partial charge in [-0.25, -0.2) is 0 Å². The molecule has 1 aromatic rings. The number of amides is 1. The van der Waals surface area contributed by atoms with Gasteiger partial charge in [0.2, 0.25) is 0 Å². The van der Waals surface area contributed by atoms with Crippen LogP contribution in [0, 0.1) is 5.92 Å². The molecule has 0 aliphatic rings. The van der Waals surface area contributed by atoms with Gasteiger partial charge in [-0.1, -0.05) is 31.5 Å². The monoisotopic (exact) mass is 288 g/mol. The van der Waals surface area contributed by atoms with Gasteiger partial charge in [0.15, 0.2) is 4.90 Å². The molecular formula is C12H17ClN2O2S.